The first-order valence-electron chi connectivity index (χ1n) is 10.3. The van der Waals surface area contributed by atoms with Crippen LogP contribution in [0.5, 0.6) is 5.75 Å². The van der Waals surface area contributed by atoms with E-state index in [1.807, 2.05) is 41.3 Å². The highest BCUT2D eigenvalue weighted by molar-refractivity contribution is 5.91. The van der Waals surface area contributed by atoms with Gasteiger partial charge in [0.25, 0.3) is 0 Å². The van der Waals surface area contributed by atoms with E-state index in [0.29, 0.717) is 5.69 Å². The molecule has 4 rings (SSSR count). The molecule has 6 nitrogen and oxygen atoms in total. The summed E-state index contributed by atoms with van der Waals surface area (Å²) in [6, 6.07) is 15.9. The number of fused-ring (bicyclic) bond motifs is 1. The van der Waals surface area contributed by atoms with Gasteiger partial charge in [0.2, 0.25) is 5.91 Å². The van der Waals surface area contributed by atoms with Gasteiger partial charge in [-0.2, -0.15) is 0 Å². The lowest BCUT2D eigenvalue weighted by molar-refractivity contribution is -0.125. The fourth-order valence-electron chi connectivity index (χ4n) is 3.65. The van der Waals surface area contributed by atoms with Gasteiger partial charge in [-0.1, -0.05) is 24.3 Å². The number of methoxy groups -OCH3 is 1. The highest BCUT2D eigenvalue weighted by atomic mass is 16.5. The Morgan fingerprint density at radius 3 is 2.63 bits per heavy atom. The standard InChI is InChI=1S/C24H26N4O2/c1-30-21-10-7-19(8-11-21)18-27-13-4-14-28(16-15-27)24(29)12-9-20-17-25-22-5-2-3-6-23(22)26-20/h2-3,5-12,17H,4,13-16,18H2,1H3/b12-9+. The van der Waals surface area contributed by atoms with Crippen LogP contribution >= 0.6 is 0 Å². The molecule has 0 bridgehead atoms. The summed E-state index contributed by atoms with van der Waals surface area (Å²) < 4.78 is 5.22. The summed E-state index contributed by atoms with van der Waals surface area (Å²) >= 11 is 0. The van der Waals surface area contributed by atoms with Crippen molar-refractivity contribution in [3.8, 4) is 5.75 Å². The molecular weight excluding hydrogens is 376 g/mol. The summed E-state index contributed by atoms with van der Waals surface area (Å²) in [6.07, 6.45) is 6.02. The van der Waals surface area contributed by atoms with Crippen LogP contribution in [0.4, 0.5) is 0 Å². The van der Waals surface area contributed by atoms with E-state index in [-0.39, 0.29) is 5.91 Å². The van der Waals surface area contributed by atoms with Gasteiger partial charge in [-0.05, 0) is 42.3 Å². The SMILES string of the molecule is COc1ccc(CN2CCCN(C(=O)/C=C/c3cnc4ccccc4n3)CC2)cc1. The molecule has 0 aliphatic carbocycles. The van der Waals surface area contributed by atoms with Crippen LogP contribution in [0.15, 0.2) is 60.8 Å². The van der Waals surface area contributed by atoms with Gasteiger partial charge in [0, 0.05) is 38.8 Å². The van der Waals surface area contributed by atoms with Crippen LogP contribution in [-0.4, -0.2) is 59.0 Å². The Bertz CT molecular complexity index is 1030. The fraction of sp³-hybridized carbons (Fsp3) is 0.292. The number of amides is 1. The molecule has 1 aliphatic heterocycles. The second-order valence-electron chi connectivity index (χ2n) is 7.42. The molecule has 1 aliphatic rings. The molecule has 0 spiro atoms. The maximum atomic E-state index is 12.7. The third kappa shape index (κ3) is 5.02. The molecule has 1 amide bonds. The number of para-hydroxylation sites is 2. The Morgan fingerprint density at radius 2 is 1.83 bits per heavy atom. The van der Waals surface area contributed by atoms with E-state index in [1.165, 1.54) is 5.56 Å². The maximum Gasteiger partial charge on any atom is 0.246 e. The van der Waals surface area contributed by atoms with Crippen molar-refractivity contribution in [2.45, 2.75) is 13.0 Å². The van der Waals surface area contributed by atoms with E-state index in [1.54, 1.807) is 25.5 Å². The molecule has 6 heteroatoms. The quantitative estimate of drug-likeness (QED) is 0.613. The second-order valence-corrected chi connectivity index (χ2v) is 7.42. The van der Waals surface area contributed by atoms with Crippen LogP contribution in [0.3, 0.4) is 0 Å². The van der Waals surface area contributed by atoms with Crippen molar-refractivity contribution < 1.29 is 9.53 Å². The number of hydrogen-bond donors (Lipinski definition) is 0. The monoisotopic (exact) mass is 402 g/mol. The third-order valence-electron chi connectivity index (χ3n) is 5.33. The molecule has 154 valence electrons. The van der Waals surface area contributed by atoms with Crippen LogP contribution in [0, 0.1) is 0 Å². The van der Waals surface area contributed by atoms with Crippen molar-refractivity contribution in [3.05, 3.63) is 72.1 Å². The van der Waals surface area contributed by atoms with Gasteiger partial charge in [0.05, 0.1) is 30.0 Å². The fourth-order valence-corrected chi connectivity index (χ4v) is 3.65. The van der Waals surface area contributed by atoms with Gasteiger partial charge in [0.1, 0.15) is 5.75 Å². The molecule has 0 unspecified atom stereocenters. The molecule has 3 aromatic rings. The second kappa shape index (κ2) is 9.50. The molecule has 30 heavy (non-hydrogen) atoms. The van der Waals surface area contributed by atoms with Crippen molar-refractivity contribution in [3.63, 3.8) is 0 Å². The molecule has 0 N–H and O–H groups in total. The highest BCUT2D eigenvalue weighted by Gasteiger charge is 2.17. The maximum absolute atomic E-state index is 12.7. The summed E-state index contributed by atoms with van der Waals surface area (Å²) in [7, 11) is 1.68. The van der Waals surface area contributed by atoms with Gasteiger partial charge in [-0.15, -0.1) is 0 Å². The number of hydrogen-bond acceptors (Lipinski definition) is 5. The number of aromatic nitrogens is 2. The average molecular weight is 402 g/mol. The normalized spacial score (nSPS) is 15.4. The van der Waals surface area contributed by atoms with E-state index in [9.17, 15) is 4.79 Å². The zero-order valence-corrected chi connectivity index (χ0v) is 17.2. The molecule has 1 saturated heterocycles. The molecular formula is C24H26N4O2. The van der Waals surface area contributed by atoms with E-state index in [4.69, 9.17) is 4.74 Å². The topological polar surface area (TPSA) is 58.6 Å². The largest absolute Gasteiger partial charge is 0.497 e. The number of rotatable bonds is 5. The van der Waals surface area contributed by atoms with Crippen LogP contribution in [-0.2, 0) is 11.3 Å². The molecule has 2 heterocycles. The molecule has 0 saturated carbocycles. The first kappa shape index (κ1) is 20.0. The van der Waals surface area contributed by atoms with Crippen LogP contribution in [0.1, 0.15) is 17.7 Å². The minimum absolute atomic E-state index is 0.0243. The summed E-state index contributed by atoms with van der Waals surface area (Å²) in [5.74, 6) is 0.894. The number of carbonyl (C=O) groups excluding carboxylic acids is 1. The first-order chi connectivity index (χ1) is 14.7. The molecule has 0 radical (unpaired) electrons. The van der Waals surface area contributed by atoms with E-state index in [0.717, 1.165) is 55.9 Å². The van der Waals surface area contributed by atoms with Crippen molar-refractivity contribution in [2.24, 2.45) is 0 Å². The lowest BCUT2D eigenvalue weighted by Crippen LogP contribution is -2.34. The van der Waals surface area contributed by atoms with E-state index in [2.05, 4.69) is 27.0 Å². The Balaban J connectivity index is 1.33. The van der Waals surface area contributed by atoms with E-state index < -0.39 is 0 Å². The summed E-state index contributed by atoms with van der Waals surface area (Å²) in [5.41, 5.74) is 3.63. The summed E-state index contributed by atoms with van der Waals surface area (Å²) in [4.78, 5) is 25.9. The minimum Gasteiger partial charge on any atom is -0.497 e. The van der Waals surface area contributed by atoms with Crippen molar-refractivity contribution in [2.75, 3.05) is 33.3 Å². The average Bonchev–Trinajstić information content (AvgIpc) is 3.03. The van der Waals surface area contributed by atoms with Gasteiger partial charge in [-0.3, -0.25) is 14.7 Å². The summed E-state index contributed by atoms with van der Waals surface area (Å²) in [5, 5.41) is 0. The predicted molar refractivity (Wildman–Crippen MR) is 118 cm³/mol. The van der Waals surface area contributed by atoms with Crippen molar-refractivity contribution in [1.82, 2.24) is 19.8 Å². The van der Waals surface area contributed by atoms with Crippen LogP contribution in [0.25, 0.3) is 17.1 Å². The molecule has 0 atom stereocenters. The van der Waals surface area contributed by atoms with Crippen molar-refractivity contribution in [1.29, 1.82) is 0 Å². The predicted octanol–water partition coefficient (Wildman–Crippen LogP) is 3.39. The number of carbonyl (C=O) groups is 1. The van der Waals surface area contributed by atoms with Gasteiger partial charge >= 0.3 is 0 Å². The van der Waals surface area contributed by atoms with Crippen LogP contribution < -0.4 is 4.74 Å². The Labute approximate surface area is 176 Å². The van der Waals surface area contributed by atoms with Crippen LogP contribution in [0.2, 0.25) is 0 Å². The zero-order valence-electron chi connectivity index (χ0n) is 17.2. The van der Waals surface area contributed by atoms with Gasteiger partial charge < -0.3 is 9.64 Å². The number of benzene rings is 2. The Morgan fingerprint density at radius 1 is 1.03 bits per heavy atom. The third-order valence-corrected chi connectivity index (χ3v) is 5.33. The van der Waals surface area contributed by atoms with Gasteiger partial charge in [0.15, 0.2) is 0 Å². The summed E-state index contributed by atoms with van der Waals surface area (Å²) in [6.45, 7) is 4.22. The molecule has 1 fully saturated rings. The first-order valence-corrected chi connectivity index (χ1v) is 10.3. The lowest BCUT2D eigenvalue weighted by Gasteiger charge is -2.21. The molecule has 1 aromatic heterocycles. The van der Waals surface area contributed by atoms with Gasteiger partial charge in [-0.25, -0.2) is 4.98 Å². The smallest absolute Gasteiger partial charge is 0.246 e. The zero-order chi connectivity index (χ0) is 20.8. The van der Waals surface area contributed by atoms with Crippen molar-refractivity contribution >= 4 is 23.0 Å². The lowest BCUT2D eigenvalue weighted by atomic mass is 10.2. The Hall–Kier alpha value is -3.25. The number of ether oxygens (including phenoxy) is 1. The highest BCUT2D eigenvalue weighted by Crippen LogP contribution is 2.15. The number of nitrogens with zero attached hydrogens (tertiary/aromatic N) is 4. The van der Waals surface area contributed by atoms with E-state index >= 15 is 0 Å². The molecule has 2 aromatic carbocycles. The Kier molecular flexibility index (Phi) is 6.35. The minimum atomic E-state index is 0.0243.